The number of carboxylic acid groups (broad SMARTS) is 1. The van der Waals surface area contributed by atoms with Crippen molar-refractivity contribution in [3.05, 3.63) is 0 Å². The number of aliphatic carboxylic acids is 1. The number of carbonyl (C=O) groups excluding carboxylic acids is 5. The van der Waals surface area contributed by atoms with Gasteiger partial charge in [0.15, 0.2) is 5.96 Å². The second-order valence-electron chi connectivity index (χ2n) is 7.58. The molecule has 1 saturated heterocycles. The molecule has 16 nitrogen and oxygen atoms in total. The molecule has 0 aromatic carbocycles. The molecule has 3 unspecified atom stereocenters. The maximum atomic E-state index is 12.7. The molecule has 1 aliphatic rings. The van der Waals surface area contributed by atoms with Gasteiger partial charge in [0.25, 0.3) is 0 Å². The summed E-state index contributed by atoms with van der Waals surface area (Å²) >= 11 is 0. The number of aliphatic imine (C=N–C) groups is 1. The Morgan fingerprint density at radius 1 is 0.944 bits per heavy atom. The third-order valence-corrected chi connectivity index (χ3v) is 7.04. The van der Waals surface area contributed by atoms with Crippen LogP contribution < -0.4 is 44.2 Å². The fourth-order valence-electron chi connectivity index (χ4n) is 2.75. The maximum Gasteiger partial charge on any atom is 0.305 e. The number of primary amides is 1. The normalized spacial score (nSPS) is 24.8. The van der Waals surface area contributed by atoms with Gasteiger partial charge >= 0.3 is 5.97 Å². The van der Waals surface area contributed by atoms with Crippen molar-refractivity contribution < 1.29 is 33.9 Å². The van der Waals surface area contributed by atoms with Gasteiger partial charge in [-0.05, 0) is 12.8 Å². The molecule has 13 N–H and O–H groups in total. The molecule has 0 aliphatic carbocycles. The number of hydrogen-bond donors (Lipinski definition) is 9. The number of carboxylic acids is 1. The van der Waals surface area contributed by atoms with Crippen molar-refractivity contribution in [2.75, 3.05) is 24.6 Å². The molecule has 1 fully saturated rings. The van der Waals surface area contributed by atoms with Crippen molar-refractivity contribution in [3.63, 3.8) is 0 Å². The predicted molar refractivity (Wildman–Crippen MR) is 133 cm³/mol. The molecule has 5 amide bonds. The van der Waals surface area contributed by atoms with Gasteiger partial charge in [-0.25, -0.2) is 0 Å². The lowest BCUT2D eigenvalue weighted by Gasteiger charge is -2.21. The van der Waals surface area contributed by atoms with E-state index in [9.17, 15) is 28.8 Å². The minimum absolute atomic E-state index is 0.0126. The van der Waals surface area contributed by atoms with Crippen LogP contribution in [0.1, 0.15) is 19.3 Å². The summed E-state index contributed by atoms with van der Waals surface area (Å²) in [6, 6.07) is -4.81. The highest BCUT2D eigenvalue weighted by atomic mass is 33.1. The van der Waals surface area contributed by atoms with Crippen LogP contribution in [-0.4, -0.2) is 95.3 Å². The highest BCUT2D eigenvalue weighted by Gasteiger charge is 2.29. The maximum absolute atomic E-state index is 12.7. The van der Waals surface area contributed by atoms with Gasteiger partial charge < -0.3 is 49.3 Å². The molecule has 1 aliphatic heterocycles. The number of carbonyl (C=O) groups is 6. The van der Waals surface area contributed by atoms with Crippen LogP contribution in [0.25, 0.3) is 0 Å². The molecule has 0 radical (unpaired) electrons. The van der Waals surface area contributed by atoms with Gasteiger partial charge in [-0.15, -0.1) is 0 Å². The number of rotatable bonds is 7. The zero-order valence-corrected chi connectivity index (χ0v) is 20.9. The monoisotopic (exact) mass is 549 g/mol. The molecule has 4 atom stereocenters. The van der Waals surface area contributed by atoms with E-state index >= 15 is 0 Å². The number of hydrogen-bond acceptors (Lipinski definition) is 10. The zero-order valence-electron chi connectivity index (χ0n) is 19.2. The summed E-state index contributed by atoms with van der Waals surface area (Å²) < 4.78 is 0. The smallest absolute Gasteiger partial charge is 0.305 e. The summed E-state index contributed by atoms with van der Waals surface area (Å²) in [6.45, 7) is -0.437. The molecule has 0 aromatic rings. The Balaban J connectivity index is 3.06. The van der Waals surface area contributed by atoms with E-state index in [-0.39, 0.29) is 30.4 Å². The summed E-state index contributed by atoms with van der Waals surface area (Å²) in [5, 5.41) is 18.5. The van der Waals surface area contributed by atoms with Crippen molar-refractivity contribution in [1.82, 2.24) is 21.3 Å². The van der Waals surface area contributed by atoms with Crippen LogP contribution in [0.15, 0.2) is 4.99 Å². The first-order valence-corrected chi connectivity index (χ1v) is 13.1. The zero-order chi connectivity index (χ0) is 27.3. The minimum Gasteiger partial charge on any atom is -0.481 e. The fourth-order valence-corrected chi connectivity index (χ4v) is 5.05. The SMILES string of the molecule is NC(=O)C1CSSC[C@H](N)C(=O)NC(CCCN=C(N)N)C(=O)NCC(=O)NC(CC(=O)O)C(=O)N1. The third-order valence-electron chi connectivity index (χ3n) is 4.59. The average Bonchev–Trinajstić information content (AvgIpc) is 2.79. The van der Waals surface area contributed by atoms with E-state index < -0.39 is 72.6 Å². The number of amides is 5. The second kappa shape index (κ2) is 15.7. The molecule has 18 heteroatoms. The lowest BCUT2D eigenvalue weighted by Crippen LogP contribution is -2.56. The van der Waals surface area contributed by atoms with E-state index in [2.05, 4.69) is 26.3 Å². The van der Waals surface area contributed by atoms with E-state index in [0.717, 1.165) is 21.6 Å². The Morgan fingerprint density at radius 2 is 1.61 bits per heavy atom. The van der Waals surface area contributed by atoms with Crippen molar-refractivity contribution in [3.8, 4) is 0 Å². The van der Waals surface area contributed by atoms with E-state index in [1.807, 2.05) is 0 Å². The Labute approximate surface area is 214 Å². The van der Waals surface area contributed by atoms with Crippen LogP contribution in [0.2, 0.25) is 0 Å². The molecule has 202 valence electrons. The molecule has 36 heavy (non-hydrogen) atoms. The highest BCUT2D eigenvalue weighted by Crippen LogP contribution is 2.22. The standard InChI is InChI=1S/C18H31N9O7S2/c19-8-6-35-36-7-11(14(20)31)27-17(34)10(4-13(29)30)25-12(28)5-24-16(33)9(26-15(8)32)2-1-3-23-18(21)22/h8-11H,1-7,19H2,(H2,20,31)(H,24,33)(H,25,28)(H,26,32)(H,27,34)(H,29,30)(H4,21,22,23)/t8-,9?,10?,11?/m0/s1. The van der Waals surface area contributed by atoms with Crippen molar-refractivity contribution in [2.45, 2.75) is 43.4 Å². The van der Waals surface area contributed by atoms with Gasteiger partial charge in [-0.2, -0.15) is 0 Å². The van der Waals surface area contributed by atoms with Crippen LogP contribution in [0.4, 0.5) is 0 Å². The third kappa shape index (κ3) is 11.9. The molecule has 0 saturated carbocycles. The van der Waals surface area contributed by atoms with E-state index in [1.54, 1.807) is 0 Å². The van der Waals surface area contributed by atoms with E-state index in [1.165, 1.54) is 0 Å². The van der Waals surface area contributed by atoms with Crippen molar-refractivity contribution >= 4 is 63.1 Å². The van der Waals surface area contributed by atoms with Gasteiger partial charge in [0, 0.05) is 18.1 Å². The minimum atomic E-state index is -1.54. The lowest BCUT2D eigenvalue weighted by atomic mass is 10.1. The van der Waals surface area contributed by atoms with Crippen LogP contribution in [-0.2, 0) is 28.8 Å². The first kappa shape index (κ1) is 30.8. The Morgan fingerprint density at radius 3 is 2.22 bits per heavy atom. The number of nitrogens with zero attached hydrogens (tertiary/aromatic N) is 1. The first-order valence-electron chi connectivity index (χ1n) is 10.6. The summed E-state index contributed by atoms with van der Waals surface area (Å²) in [6.07, 6.45) is -0.343. The molecule has 0 bridgehead atoms. The molecular weight excluding hydrogens is 518 g/mol. The van der Waals surface area contributed by atoms with Crippen molar-refractivity contribution in [1.29, 1.82) is 0 Å². The Kier molecular flexibility index (Phi) is 13.4. The second-order valence-corrected chi connectivity index (χ2v) is 10.1. The Hall–Kier alpha value is -3.25. The van der Waals surface area contributed by atoms with E-state index in [0.29, 0.717) is 6.42 Å². The van der Waals surface area contributed by atoms with Crippen LogP contribution in [0.5, 0.6) is 0 Å². The van der Waals surface area contributed by atoms with Gasteiger partial charge in [0.05, 0.1) is 19.0 Å². The van der Waals surface area contributed by atoms with Gasteiger partial charge in [0.1, 0.15) is 18.1 Å². The van der Waals surface area contributed by atoms with Gasteiger partial charge in [-0.1, -0.05) is 21.6 Å². The first-order chi connectivity index (χ1) is 16.9. The van der Waals surface area contributed by atoms with Crippen LogP contribution in [0, 0.1) is 0 Å². The molecular formula is C18H31N9O7S2. The lowest BCUT2D eigenvalue weighted by molar-refractivity contribution is -0.141. The largest absolute Gasteiger partial charge is 0.481 e. The molecule has 0 aromatic heterocycles. The summed E-state index contributed by atoms with van der Waals surface area (Å²) in [4.78, 5) is 76.8. The van der Waals surface area contributed by atoms with Crippen LogP contribution >= 0.6 is 21.6 Å². The average molecular weight is 550 g/mol. The summed E-state index contributed by atoms with van der Waals surface area (Å²) in [7, 11) is 2.22. The van der Waals surface area contributed by atoms with Gasteiger partial charge in [0.2, 0.25) is 29.5 Å². The van der Waals surface area contributed by atoms with Crippen LogP contribution in [0.3, 0.4) is 0 Å². The highest BCUT2D eigenvalue weighted by molar-refractivity contribution is 8.76. The topological polar surface area (TPSA) is 287 Å². The van der Waals surface area contributed by atoms with Gasteiger partial charge in [-0.3, -0.25) is 33.8 Å². The fraction of sp³-hybridized carbons (Fsp3) is 0.611. The summed E-state index contributed by atoms with van der Waals surface area (Å²) in [5.74, 6) is -5.48. The summed E-state index contributed by atoms with van der Waals surface area (Å²) in [5.41, 5.74) is 21.8. The molecule has 0 spiro atoms. The number of nitrogens with one attached hydrogen (secondary N) is 4. The molecule has 1 heterocycles. The quantitative estimate of drug-likeness (QED) is 0.0626. The van der Waals surface area contributed by atoms with Crippen molar-refractivity contribution in [2.24, 2.45) is 27.9 Å². The van der Waals surface area contributed by atoms with E-state index in [4.69, 9.17) is 28.0 Å². The Bertz CT molecular complexity index is 870. The molecule has 1 rings (SSSR count). The number of nitrogens with two attached hydrogens (primary N) is 4. The predicted octanol–water partition coefficient (Wildman–Crippen LogP) is -4.71. The number of guanidine groups is 1.